The van der Waals surface area contributed by atoms with Crippen molar-refractivity contribution in [1.29, 1.82) is 0 Å². The van der Waals surface area contributed by atoms with Gasteiger partial charge in [0.05, 0.1) is 11.6 Å². The van der Waals surface area contributed by atoms with Gasteiger partial charge in [-0.3, -0.25) is 9.59 Å². The SMILES string of the molecule is C=CCOc1ccc([C@H]2C(=C(O)c3ccc4c(c3)OCCO4)C(=O)C(=O)N2CCCN(C)C)cc1. The van der Waals surface area contributed by atoms with Gasteiger partial charge in [0, 0.05) is 12.1 Å². The van der Waals surface area contributed by atoms with Gasteiger partial charge in [-0.15, -0.1) is 0 Å². The minimum absolute atomic E-state index is 0.0521. The molecule has 1 atom stereocenters. The quantitative estimate of drug-likeness (QED) is 0.256. The monoisotopic (exact) mass is 478 g/mol. The Kier molecular flexibility index (Phi) is 7.41. The number of carbonyl (C=O) groups is 2. The van der Waals surface area contributed by atoms with Crippen molar-refractivity contribution in [2.75, 3.05) is 47.0 Å². The fourth-order valence-electron chi connectivity index (χ4n) is 4.26. The summed E-state index contributed by atoms with van der Waals surface area (Å²) in [6.45, 7) is 5.99. The van der Waals surface area contributed by atoms with Crippen LogP contribution in [0.3, 0.4) is 0 Å². The Hall–Kier alpha value is -3.78. The molecule has 35 heavy (non-hydrogen) atoms. The number of benzene rings is 2. The standard InChI is InChI=1S/C27H30N2O6/c1-4-14-33-20-9-6-18(7-10-20)24-23(26(31)27(32)29(24)13-5-12-28(2)3)25(30)19-8-11-21-22(17-19)35-16-15-34-21/h4,6-11,17,24,30H,1,5,12-16H2,2-3H3/t24-/m0/s1. The number of rotatable bonds is 9. The lowest BCUT2D eigenvalue weighted by atomic mass is 9.95. The fourth-order valence-corrected chi connectivity index (χ4v) is 4.26. The number of Topliss-reactive ketones (excluding diaryl/α,β-unsaturated/α-hetero) is 1. The predicted octanol–water partition coefficient (Wildman–Crippen LogP) is 3.40. The maximum atomic E-state index is 13.2. The van der Waals surface area contributed by atoms with Crippen LogP contribution >= 0.6 is 0 Å². The number of aliphatic hydroxyl groups excluding tert-OH is 1. The highest BCUT2D eigenvalue weighted by Gasteiger charge is 2.45. The van der Waals surface area contributed by atoms with Gasteiger partial charge >= 0.3 is 0 Å². The first-order valence-corrected chi connectivity index (χ1v) is 11.6. The van der Waals surface area contributed by atoms with E-state index in [-0.39, 0.29) is 11.3 Å². The average Bonchev–Trinajstić information content (AvgIpc) is 3.12. The van der Waals surface area contributed by atoms with E-state index in [1.165, 1.54) is 4.90 Å². The molecule has 1 N–H and O–H groups in total. The molecule has 8 nitrogen and oxygen atoms in total. The Bertz CT molecular complexity index is 1140. The van der Waals surface area contributed by atoms with Gasteiger partial charge in [0.15, 0.2) is 11.5 Å². The number of carbonyl (C=O) groups excluding carboxylic acids is 2. The molecule has 2 aliphatic heterocycles. The molecule has 0 aromatic heterocycles. The maximum absolute atomic E-state index is 13.2. The number of likely N-dealkylation sites (tertiary alicyclic amines) is 1. The summed E-state index contributed by atoms with van der Waals surface area (Å²) >= 11 is 0. The minimum Gasteiger partial charge on any atom is -0.507 e. The highest BCUT2D eigenvalue weighted by molar-refractivity contribution is 6.46. The Morgan fingerprint density at radius 2 is 1.86 bits per heavy atom. The van der Waals surface area contributed by atoms with Gasteiger partial charge in [-0.2, -0.15) is 0 Å². The highest BCUT2D eigenvalue weighted by atomic mass is 16.6. The first-order chi connectivity index (χ1) is 16.9. The van der Waals surface area contributed by atoms with Crippen LogP contribution in [0.2, 0.25) is 0 Å². The van der Waals surface area contributed by atoms with Gasteiger partial charge in [0.2, 0.25) is 0 Å². The van der Waals surface area contributed by atoms with Crippen LogP contribution in [0.1, 0.15) is 23.6 Å². The second-order valence-corrected chi connectivity index (χ2v) is 8.68. The number of ether oxygens (including phenoxy) is 3. The fraction of sp³-hybridized carbons (Fsp3) is 0.333. The van der Waals surface area contributed by atoms with E-state index < -0.39 is 17.7 Å². The van der Waals surface area contributed by atoms with Crippen LogP contribution in [-0.4, -0.2) is 73.6 Å². The Labute approximate surface area is 205 Å². The molecule has 2 aromatic carbocycles. The Balaban J connectivity index is 1.74. The number of amides is 1. The van der Waals surface area contributed by atoms with Crippen LogP contribution in [0.15, 0.2) is 60.7 Å². The third-order valence-electron chi connectivity index (χ3n) is 5.92. The van der Waals surface area contributed by atoms with Gasteiger partial charge in [0.25, 0.3) is 11.7 Å². The van der Waals surface area contributed by atoms with Gasteiger partial charge in [0.1, 0.15) is 31.3 Å². The highest BCUT2D eigenvalue weighted by Crippen LogP contribution is 2.41. The molecule has 0 spiro atoms. The third kappa shape index (κ3) is 5.17. The summed E-state index contributed by atoms with van der Waals surface area (Å²) in [5, 5.41) is 11.3. The molecule has 0 aliphatic carbocycles. The van der Waals surface area contributed by atoms with E-state index in [9.17, 15) is 14.7 Å². The lowest BCUT2D eigenvalue weighted by molar-refractivity contribution is -0.139. The average molecular weight is 479 g/mol. The van der Waals surface area contributed by atoms with Crippen molar-refractivity contribution in [3.8, 4) is 17.2 Å². The van der Waals surface area contributed by atoms with Gasteiger partial charge in [-0.1, -0.05) is 24.8 Å². The molecule has 0 unspecified atom stereocenters. The van der Waals surface area contributed by atoms with Crippen molar-refractivity contribution < 1.29 is 28.9 Å². The van der Waals surface area contributed by atoms with Crippen molar-refractivity contribution in [3.05, 3.63) is 71.8 Å². The smallest absolute Gasteiger partial charge is 0.295 e. The summed E-state index contributed by atoms with van der Waals surface area (Å²) in [6.07, 6.45) is 2.34. The summed E-state index contributed by atoms with van der Waals surface area (Å²) in [5.41, 5.74) is 1.15. The molecule has 2 heterocycles. The van der Waals surface area contributed by atoms with Gasteiger partial charge in [-0.05, 0) is 63.0 Å². The van der Waals surface area contributed by atoms with E-state index in [0.717, 1.165) is 6.54 Å². The summed E-state index contributed by atoms with van der Waals surface area (Å²) in [7, 11) is 3.91. The Morgan fingerprint density at radius 3 is 2.54 bits per heavy atom. The van der Waals surface area contributed by atoms with Crippen molar-refractivity contribution in [1.82, 2.24) is 9.80 Å². The van der Waals surface area contributed by atoms with Crippen molar-refractivity contribution in [2.24, 2.45) is 0 Å². The lowest BCUT2D eigenvalue weighted by Crippen LogP contribution is -2.32. The molecule has 1 saturated heterocycles. The molecule has 8 heteroatoms. The number of hydrogen-bond donors (Lipinski definition) is 1. The van der Waals surface area contributed by atoms with Crippen LogP contribution < -0.4 is 14.2 Å². The van der Waals surface area contributed by atoms with Gasteiger partial charge < -0.3 is 29.1 Å². The predicted molar refractivity (Wildman–Crippen MR) is 132 cm³/mol. The van der Waals surface area contributed by atoms with Crippen LogP contribution in [0.5, 0.6) is 17.2 Å². The summed E-state index contributed by atoms with van der Waals surface area (Å²) in [5.74, 6) is 0.126. The molecular formula is C27H30N2O6. The van der Waals surface area contributed by atoms with Crippen molar-refractivity contribution in [2.45, 2.75) is 12.5 Å². The molecule has 2 aromatic rings. The number of nitrogens with zero attached hydrogens (tertiary/aromatic N) is 2. The van der Waals surface area contributed by atoms with E-state index in [2.05, 4.69) is 6.58 Å². The van der Waals surface area contributed by atoms with E-state index in [4.69, 9.17) is 14.2 Å². The van der Waals surface area contributed by atoms with Crippen LogP contribution in [-0.2, 0) is 9.59 Å². The van der Waals surface area contributed by atoms with E-state index >= 15 is 0 Å². The Morgan fingerprint density at radius 1 is 1.14 bits per heavy atom. The van der Waals surface area contributed by atoms with Crippen LogP contribution in [0.4, 0.5) is 0 Å². The van der Waals surface area contributed by atoms with Gasteiger partial charge in [-0.25, -0.2) is 0 Å². The number of hydrogen-bond acceptors (Lipinski definition) is 7. The summed E-state index contributed by atoms with van der Waals surface area (Å²) in [6, 6.07) is 11.4. The summed E-state index contributed by atoms with van der Waals surface area (Å²) < 4.78 is 16.8. The van der Waals surface area contributed by atoms with Crippen molar-refractivity contribution in [3.63, 3.8) is 0 Å². The van der Waals surface area contributed by atoms with E-state index in [1.807, 2.05) is 31.1 Å². The number of aliphatic hydroxyl groups is 1. The molecule has 2 aliphatic rings. The molecular weight excluding hydrogens is 448 g/mol. The molecule has 0 saturated carbocycles. The van der Waals surface area contributed by atoms with E-state index in [0.29, 0.717) is 61.2 Å². The van der Waals surface area contributed by atoms with Crippen LogP contribution in [0, 0.1) is 0 Å². The molecule has 4 rings (SSSR count). The molecule has 184 valence electrons. The number of fused-ring (bicyclic) bond motifs is 1. The normalized spacial score (nSPS) is 18.7. The largest absolute Gasteiger partial charge is 0.507 e. The van der Waals surface area contributed by atoms with Crippen molar-refractivity contribution >= 4 is 17.4 Å². The molecule has 0 bridgehead atoms. The zero-order valence-corrected chi connectivity index (χ0v) is 20.0. The van der Waals surface area contributed by atoms with E-state index in [1.54, 1.807) is 36.4 Å². The third-order valence-corrected chi connectivity index (χ3v) is 5.92. The minimum atomic E-state index is -0.723. The zero-order valence-electron chi connectivity index (χ0n) is 20.0. The number of ketones is 1. The molecule has 1 amide bonds. The summed E-state index contributed by atoms with van der Waals surface area (Å²) in [4.78, 5) is 29.8. The zero-order chi connectivity index (χ0) is 24.9. The lowest BCUT2D eigenvalue weighted by Gasteiger charge is -2.26. The molecule has 0 radical (unpaired) electrons. The second kappa shape index (κ2) is 10.7. The maximum Gasteiger partial charge on any atom is 0.295 e. The first kappa shape index (κ1) is 24.3. The molecule has 1 fully saturated rings. The van der Waals surface area contributed by atoms with Crippen LogP contribution in [0.25, 0.3) is 5.76 Å². The second-order valence-electron chi connectivity index (χ2n) is 8.68. The topological polar surface area (TPSA) is 88.5 Å². The first-order valence-electron chi connectivity index (χ1n) is 11.6.